The van der Waals surface area contributed by atoms with Crippen LogP contribution in [0, 0.1) is 5.92 Å². The average Bonchev–Trinajstić information content (AvgIpc) is 2.69. The van der Waals surface area contributed by atoms with E-state index in [1.807, 2.05) is 26.2 Å². The number of hydrogen-bond acceptors (Lipinski definition) is 3. The normalized spacial score (nSPS) is 11.6. The van der Waals surface area contributed by atoms with Gasteiger partial charge in [-0.15, -0.1) is 0 Å². The molecule has 0 aliphatic carbocycles. The van der Waals surface area contributed by atoms with E-state index in [4.69, 9.17) is 0 Å². The van der Waals surface area contributed by atoms with E-state index < -0.39 is 0 Å². The first kappa shape index (κ1) is 11.8. The second kappa shape index (κ2) is 4.28. The van der Waals surface area contributed by atoms with E-state index in [2.05, 4.69) is 23.9 Å². The minimum Gasteiger partial charge on any atom is -0.292 e. The Morgan fingerprint density at radius 3 is 2.59 bits per heavy atom. The number of nitrogens with zero attached hydrogens (tertiary/aromatic N) is 3. The quantitative estimate of drug-likeness (QED) is 0.763. The molecule has 4 nitrogen and oxygen atoms in total. The summed E-state index contributed by atoms with van der Waals surface area (Å²) in [4.78, 5) is 16.1. The third kappa shape index (κ3) is 2.20. The molecule has 2 aromatic heterocycles. The second-order valence-corrected chi connectivity index (χ2v) is 4.89. The summed E-state index contributed by atoms with van der Waals surface area (Å²) < 4.78 is 1.69. The summed E-state index contributed by atoms with van der Waals surface area (Å²) in [6.45, 7) is 7.96. The number of hydrogen-bond donors (Lipinski definition) is 0. The molecule has 0 aliphatic rings. The maximum absolute atomic E-state index is 11.8. The number of Topliss-reactive ketones (excluding diaryl/α,β-unsaturated/α-hetero) is 1. The van der Waals surface area contributed by atoms with Crippen molar-refractivity contribution < 1.29 is 4.79 Å². The van der Waals surface area contributed by atoms with Crippen LogP contribution in [0.4, 0.5) is 0 Å². The van der Waals surface area contributed by atoms with E-state index in [1.165, 1.54) is 0 Å². The van der Waals surface area contributed by atoms with Gasteiger partial charge in [0.2, 0.25) is 0 Å². The van der Waals surface area contributed by atoms with Crippen LogP contribution in [-0.2, 0) is 0 Å². The van der Waals surface area contributed by atoms with Crippen LogP contribution in [0.25, 0.3) is 5.65 Å². The van der Waals surface area contributed by atoms with E-state index in [9.17, 15) is 4.79 Å². The standard InChI is InChI=1S/C13H17N3O/c1-8(2)10-6-14-12-5-11(13(17)9(3)4)15-16(12)7-10/h5-9H,1-4H3. The van der Waals surface area contributed by atoms with Crippen LogP contribution in [0.1, 0.15) is 49.7 Å². The van der Waals surface area contributed by atoms with E-state index in [0.29, 0.717) is 11.6 Å². The van der Waals surface area contributed by atoms with Gasteiger partial charge in [0.15, 0.2) is 11.4 Å². The third-order valence-electron chi connectivity index (χ3n) is 2.78. The van der Waals surface area contributed by atoms with Crippen molar-refractivity contribution in [1.82, 2.24) is 14.6 Å². The van der Waals surface area contributed by atoms with E-state index in [-0.39, 0.29) is 11.7 Å². The predicted octanol–water partition coefficient (Wildman–Crippen LogP) is 2.69. The molecular formula is C13H17N3O. The van der Waals surface area contributed by atoms with Crippen molar-refractivity contribution in [1.29, 1.82) is 0 Å². The number of fused-ring (bicyclic) bond motifs is 1. The number of rotatable bonds is 3. The lowest BCUT2D eigenvalue weighted by Crippen LogP contribution is -2.08. The molecular weight excluding hydrogens is 214 g/mol. The number of carbonyl (C=O) groups is 1. The maximum atomic E-state index is 11.8. The van der Waals surface area contributed by atoms with Crippen LogP contribution in [0.3, 0.4) is 0 Å². The molecule has 0 aromatic carbocycles. The SMILES string of the molecule is CC(C)C(=O)c1cc2ncc(C(C)C)cn2n1. The summed E-state index contributed by atoms with van der Waals surface area (Å²) in [5.74, 6) is 0.423. The van der Waals surface area contributed by atoms with Gasteiger partial charge in [0.25, 0.3) is 0 Å². The highest BCUT2D eigenvalue weighted by molar-refractivity contribution is 5.96. The molecule has 17 heavy (non-hydrogen) atoms. The largest absolute Gasteiger partial charge is 0.292 e. The van der Waals surface area contributed by atoms with Crippen molar-refractivity contribution in [2.24, 2.45) is 5.92 Å². The first-order valence-electron chi connectivity index (χ1n) is 5.88. The van der Waals surface area contributed by atoms with Crippen molar-refractivity contribution >= 4 is 11.4 Å². The fourth-order valence-corrected chi connectivity index (χ4v) is 1.61. The Morgan fingerprint density at radius 2 is 2.00 bits per heavy atom. The zero-order chi connectivity index (χ0) is 12.6. The van der Waals surface area contributed by atoms with Crippen molar-refractivity contribution in [3.8, 4) is 0 Å². The number of ketones is 1. The Kier molecular flexibility index (Phi) is 2.96. The molecule has 0 bridgehead atoms. The van der Waals surface area contributed by atoms with Crippen LogP contribution < -0.4 is 0 Å². The predicted molar refractivity (Wildman–Crippen MR) is 66.2 cm³/mol. The summed E-state index contributed by atoms with van der Waals surface area (Å²) in [6, 6.07) is 1.74. The molecule has 0 atom stereocenters. The molecule has 0 N–H and O–H groups in total. The molecule has 0 unspecified atom stereocenters. The second-order valence-electron chi connectivity index (χ2n) is 4.89. The minimum absolute atomic E-state index is 0.0375. The molecule has 2 rings (SSSR count). The summed E-state index contributed by atoms with van der Waals surface area (Å²) in [6.07, 6.45) is 3.77. The van der Waals surface area contributed by atoms with Gasteiger partial charge in [0.05, 0.1) is 0 Å². The summed E-state index contributed by atoms with van der Waals surface area (Å²) in [5.41, 5.74) is 2.33. The highest BCUT2D eigenvalue weighted by Crippen LogP contribution is 2.15. The van der Waals surface area contributed by atoms with Crippen LogP contribution in [0.5, 0.6) is 0 Å². The first-order valence-corrected chi connectivity index (χ1v) is 5.88. The zero-order valence-corrected chi connectivity index (χ0v) is 10.6. The Balaban J connectivity index is 2.47. The van der Waals surface area contributed by atoms with Gasteiger partial charge in [0, 0.05) is 24.4 Å². The monoisotopic (exact) mass is 231 g/mol. The first-order chi connectivity index (χ1) is 7.99. The highest BCUT2D eigenvalue weighted by atomic mass is 16.1. The zero-order valence-electron chi connectivity index (χ0n) is 10.6. The molecule has 0 fully saturated rings. The van der Waals surface area contributed by atoms with Gasteiger partial charge in [-0.2, -0.15) is 5.10 Å². The van der Waals surface area contributed by atoms with E-state index in [0.717, 1.165) is 11.2 Å². The molecule has 0 radical (unpaired) electrons. The smallest absolute Gasteiger partial charge is 0.185 e. The molecule has 0 saturated carbocycles. The van der Waals surface area contributed by atoms with Crippen molar-refractivity contribution in [2.75, 3.05) is 0 Å². The van der Waals surface area contributed by atoms with Gasteiger partial charge in [0.1, 0.15) is 5.69 Å². The molecule has 2 aromatic rings. The van der Waals surface area contributed by atoms with Gasteiger partial charge in [-0.3, -0.25) is 4.79 Å². The molecule has 2 heterocycles. The topological polar surface area (TPSA) is 47.3 Å². The number of carbonyl (C=O) groups excluding carboxylic acids is 1. The Bertz CT molecular complexity index is 555. The van der Waals surface area contributed by atoms with Crippen LogP contribution in [0.2, 0.25) is 0 Å². The molecule has 0 spiro atoms. The summed E-state index contributed by atoms with van der Waals surface area (Å²) in [5, 5.41) is 4.28. The van der Waals surface area contributed by atoms with Crippen LogP contribution >= 0.6 is 0 Å². The van der Waals surface area contributed by atoms with Gasteiger partial charge in [-0.05, 0) is 11.5 Å². The molecule has 90 valence electrons. The summed E-state index contributed by atoms with van der Waals surface area (Å²) >= 11 is 0. The minimum atomic E-state index is -0.0375. The van der Waals surface area contributed by atoms with Crippen LogP contribution in [0.15, 0.2) is 18.5 Å². The van der Waals surface area contributed by atoms with Crippen molar-refractivity contribution in [3.63, 3.8) is 0 Å². The molecule has 0 amide bonds. The van der Waals surface area contributed by atoms with Crippen molar-refractivity contribution in [3.05, 3.63) is 29.7 Å². The van der Waals surface area contributed by atoms with Gasteiger partial charge >= 0.3 is 0 Å². The van der Waals surface area contributed by atoms with Crippen LogP contribution in [-0.4, -0.2) is 20.4 Å². The van der Waals surface area contributed by atoms with Crippen molar-refractivity contribution in [2.45, 2.75) is 33.6 Å². The third-order valence-corrected chi connectivity index (χ3v) is 2.78. The fraction of sp³-hybridized carbons (Fsp3) is 0.462. The van der Waals surface area contributed by atoms with E-state index in [1.54, 1.807) is 10.6 Å². The lowest BCUT2D eigenvalue weighted by atomic mass is 10.1. The van der Waals surface area contributed by atoms with Gasteiger partial charge < -0.3 is 0 Å². The average molecular weight is 231 g/mol. The molecule has 4 heteroatoms. The van der Waals surface area contributed by atoms with E-state index >= 15 is 0 Å². The molecule has 0 saturated heterocycles. The number of aromatic nitrogens is 3. The lowest BCUT2D eigenvalue weighted by molar-refractivity contribution is 0.0934. The Morgan fingerprint density at radius 1 is 1.29 bits per heavy atom. The Labute approximate surface area is 101 Å². The highest BCUT2D eigenvalue weighted by Gasteiger charge is 2.15. The summed E-state index contributed by atoms with van der Waals surface area (Å²) in [7, 11) is 0. The maximum Gasteiger partial charge on any atom is 0.185 e. The molecule has 0 aliphatic heterocycles. The lowest BCUT2D eigenvalue weighted by Gasteiger charge is -2.03. The Hall–Kier alpha value is -1.71. The fourth-order valence-electron chi connectivity index (χ4n) is 1.61. The van der Waals surface area contributed by atoms with Gasteiger partial charge in [-0.25, -0.2) is 9.50 Å². The van der Waals surface area contributed by atoms with Gasteiger partial charge in [-0.1, -0.05) is 27.7 Å².